The molecule has 3 nitrogen and oxygen atoms in total. The molecule has 0 bridgehead atoms. The highest BCUT2D eigenvalue weighted by Crippen LogP contribution is 2.37. The van der Waals surface area contributed by atoms with Crippen molar-refractivity contribution >= 4 is 44.2 Å². The van der Waals surface area contributed by atoms with Crippen molar-refractivity contribution < 1.29 is 4.79 Å². The number of carbonyl (C=O) groups is 1. The minimum Gasteiger partial charge on any atom is -0.283 e. The van der Waals surface area contributed by atoms with Gasteiger partial charge < -0.3 is 0 Å². The maximum Gasteiger partial charge on any atom is 0.232 e. The molecule has 5 heteroatoms. The fourth-order valence-corrected chi connectivity index (χ4v) is 4.93. The molecule has 1 aliphatic carbocycles. The highest BCUT2D eigenvalue weighted by molar-refractivity contribution is 7.23. The zero-order valence-electron chi connectivity index (χ0n) is 14.7. The van der Waals surface area contributed by atoms with E-state index in [-0.39, 0.29) is 11.8 Å². The van der Waals surface area contributed by atoms with Gasteiger partial charge in [-0.05, 0) is 37.0 Å². The van der Waals surface area contributed by atoms with Crippen LogP contribution in [0.5, 0.6) is 0 Å². The predicted octanol–water partition coefficient (Wildman–Crippen LogP) is 5.98. The van der Waals surface area contributed by atoms with E-state index < -0.39 is 0 Å². The molecule has 2 aromatic carbocycles. The van der Waals surface area contributed by atoms with E-state index in [2.05, 4.69) is 12.1 Å². The highest BCUT2D eigenvalue weighted by atomic mass is 35.5. The molecule has 1 fully saturated rings. The molecule has 1 amide bonds. The van der Waals surface area contributed by atoms with Gasteiger partial charge >= 0.3 is 0 Å². The molecular formula is C21H21ClN2OS. The Morgan fingerprint density at radius 2 is 1.92 bits per heavy atom. The first-order chi connectivity index (χ1) is 12.6. The summed E-state index contributed by atoms with van der Waals surface area (Å²) >= 11 is 7.90. The van der Waals surface area contributed by atoms with E-state index >= 15 is 0 Å². The SMILES string of the molecule is Cc1ccc(Cl)c2sc(N(Cc3ccccc3)C(=O)C3CCCC3)nc12. The Morgan fingerprint density at radius 1 is 1.19 bits per heavy atom. The van der Waals surface area contributed by atoms with Crippen molar-refractivity contribution in [3.8, 4) is 0 Å². The number of thiazole rings is 1. The number of hydrogen-bond donors (Lipinski definition) is 0. The standard InChI is InChI=1S/C21H21ClN2OS/c1-14-11-12-17(22)19-18(14)23-21(26-19)24(13-15-7-3-2-4-8-15)20(25)16-9-5-6-10-16/h2-4,7-8,11-12,16H,5-6,9-10,13H2,1H3. The van der Waals surface area contributed by atoms with Crippen molar-refractivity contribution in [3.05, 3.63) is 58.6 Å². The van der Waals surface area contributed by atoms with E-state index in [1.807, 2.05) is 42.2 Å². The lowest BCUT2D eigenvalue weighted by atomic mass is 10.1. The fourth-order valence-electron chi connectivity index (χ4n) is 3.61. The van der Waals surface area contributed by atoms with E-state index in [0.717, 1.165) is 52.2 Å². The summed E-state index contributed by atoms with van der Waals surface area (Å²) < 4.78 is 0.957. The number of halogens is 1. The number of fused-ring (bicyclic) bond motifs is 1. The summed E-state index contributed by atoms with van der Waals surface area (Å²) in [6.07, 6.45) is 4.24. The molecule has 1 heterocycles. The molecule has 3 aromatic rings. The van der Waals surface area contributed by atoms with Crippen molar-refractivity contribution in [3.63, 3.8) is 0 Å². The van der Waals surface area contributed by atoms with Crippen molar-refractivity contribution in [2.45, 2.75) is 39.2 Å². The number of amides is 1. The van der Waals surface area contributed by atoms with Gasteiger partial charge in [-0.25, -0.2) is 4.98 Å². The summed E-state index contributed by atoms with van der Waals surface area (Å²) in [5.41, 5.74) is 3.09. The van der Waals surface area contributed by atoms with Gasteiger partial charge in [0.15, 0.2) is 5.13 Å². The van der Waals surface area contributed by atoms with E-state index in [0.29, 0.717) is 11.6 Å². The third-order valence-corrected chi connectivity index (χ3v) is 6.61. The first kappa shape index (κ1) is 17.5. The summed E-state index contributed by atoms with van der Waals surface area (Å²) in [7, 11) is 0. The van der Waals surface area contributed by atoms with Crippen LogP contribution in [0.4, 0.5) is 5.13 Å². The molecule has 4 rings (SSSR count). The van der Waals surface area contributed by atoms with E-state index in [1.54, 1.807) is 0 Å². The van der Waals surface area contributed by atoms with Crippen molar-refractivity contribution in [2.24, 2.45) is 5.92 Å². The number of anilines is 1. The van der Waals surface area contributed by atoms with Crippen LogP contribution >= 0.6 is 22.9 Å². The Kier molecular flexibility index (Phi) is 4.96. The first-order valence-corrected chi connectivity index (χ1v) is 10.2. The molecule has 1 saturated carbocycles. The molecule has 0 spiro atoms. The quantitative estimate of drug-likeness (QED) is 0.554. The van der Waals surface area contributed by atoms with Crippen LogP contribution in [0, 0.1) is 12.8 Å². The molecule has 0 unspecified atom stereocenters. The van der Waals surface area contributed by atoms with Crippen LogP contribution < -0.4 is 4.90 Å². The van der Waals surface area contributed by atoms with Crippen LogP contribution in [0.1, 0.15) is 36.8 Å². The smallest absolute Gasteiger partial charge is 0.232 e. The Balaban J connectivity index is 1.75. The van der Waals surface area contributed by atoms with Crippen LogP contribution in [0.25, 0.3) is 10.2 Å². The molecule has 1 aromatic heterocycles. The zero-order valence-corrected chi connectivity index (χ0v) is 16.3. The molecule has 0 N–H and O–H groups in total. The molecule has 0 atom stereocenters. The van der Waals surface area contributed by atoms with Crippen LogP contribution in [-0.2, 0) is 11.3 Å². The summed E-state index contributed by atoms with van der Waals surface area (Å²) in [6.45, 7) is 2.58. The maximum absolute atomic E-state index is 13.3. The maximum atomic E-state index is 13.3. The molecule has 0 radical (unpaired) electrons. The summed E-state index contributed by atoms with van der Waals surface area (Å²) in [6, 6.07) is 14.0. The number of hydrogen-bond acceptors (Lipinski definition) is 3. The molecule has 0 saturated heterocycles. The fraction of sp³-hybridized carbons (Fsp3) is 0.333. The van der Waals surface area contributed by atoms with Crippen LogP contribution in [0.15, 0.2) is 42.5 Å². The van der Waals surface area contributed by atoms with Gasteiger partial charge in [0.25, 0.3) is 0 Å². The minimum atomic E-state index is 0.113. The lowest BCUT2D eigenvalue weighted by molar-refractivity contribution is -0.122. The average Bonchev–Trinajstić information content (AvgIpc) is 3.33. The van der Waals surface area contributed by atoms with E-state index in [4.69, 9.17) is 16.6 Å². The molecule has 26 heavy (non-hydrogen) atoms. The van der Waals surface area contributed by atoms with Crippen molar-refractivity contribution in [1.82, 2.24) is 4.98 Å². The predicted molar refractivity (Wildman–Crippen MR) is 109 cm³/mol. The van der Waals surface area contributed by atoms with Gasteiger partial charge in [0.1, 0.15) is 0 Å². The minimum absolute atomic E-state index is 0.113. The van der Waals surface area contributed by atoms with Crippen LogP contribution in [0.2, 0.25) is 5.02 Å². The van der Waals surface area contributed by atoms with E-state index in [9.17, 15) is 4.79 Å². The Hall–Kier alpha value is -1.91. The number of rotatable bonds is 4. The molecule has 1 aliphatic rings. The van der Waals surface area contributed by atoms with Crippen LogP contribution in [-0.4, -0.2) is 10.9 Å². The molecular weight excluding hydrogens is 364 g/mol. The van der Waals surface area contributed by atoms with Gasteiger partial charge in [-0.3, -0.25) is 9.69 Å². The summed E-state index contributed by atoms with van der Waals surface area (Å²) in [5.74, 6) is 0.307. The molecule has 0 aliphatic heterocycles. The summed E-state index contributed by atoms with van der Waals surface area (Å²) in [4.78, 5) is 19.9. The van der Waals surface area contributed by atoms with E-state index in [1.165, 1.54) is 11.3 Å². The monoisotopic (exact) mass is 384 g/mol. The second-order valence-electron chi connectivity index (χ2n) is 6.93. The number of nitrogens with zero attached hydrogens (tertiary/aromatic N) is 2. The third-order valence-electron chi connectivity index (χ3n) is 5.07. The largest absolute Gasteiger partial charge is 0.283 e. The lowest BCUT2D eigenvalue weighted by Crippen LogP contribution is -2.34. The van der Waals surface area contributed by atoms with Gasteiger partial charge in [-0.15, -0.1) is 0 Å². The summed E-state index contributed by atoms with van der Waals surface area (Å²) in [5, 5.41) is 1.44. The van der Waals surface area contributed by atoms with Gasteiger partial charge in [-0.2, -0.15) is 0 Å². The Bertz CT molecular complexity index is 893. The molecule has 134 valence electrons. The number of carbonyl (C=O) groups excluding carboxylic acids is 1. The first-order valence-electron chi connectivity index (χ1n) is 9.04. The Morgan fingerprint density at radius 3 is 2.62 bits per heavy atom. The van der Waals surface area contributed by atoms with Gasteiger partial charge in [0, 0.05) is 5.92 Å². The number of aryl methyl sites for hydroxylation is 1. The normalized spacial score (nSPS) is 14.8. The van der Waals surface area contributed by atoms with Gasteiger partial charge in [0.2, 0.25) is 5.91 Å². The Labute approximate surface area is 162 Å². The lowest BCUT2D eigenvalue weighted by Gasteiger charge is -2.23. The average molecular weight is 385 g/mol. The number of aromatic nitrogens is 1. The second kappa shape index (κ2) is 7.37. The van der Waals surface area contributed by atoms with Gasteiger partial charge in [-0.1, -0.05) is 72.2 Å². The topological polar surface area (TPSA) is 33.2 Å². The van der Waals surface area contributed by atoms with Gasteiger partial charge in [0.05, 0.1) is 21.8 Å². The third kappa shape index (κ3) is 3.36. The highest BCUT2D eigenvalue weighted by Gasteiger charge is 2.30. The van der Waals surface area contributed by atoms with Crippen molar-refractivity contribution in [2.75, 3.05) is 4.90 Å². The van der Waals surface area contributed by atoms with Crippen molar-refractivity contribution in [1.29, 1.82) is 0 Å². The second-order valence-corrected chi connectivity index (χ2v) is 8.31. The zero-order chi connectivity index (χ0) is 18.1. The van der Waals surface area contributed by atoms with Crippen LogP contribution in [0.3, 0.4) is 0 Å². The number of benzene rings is 2.